The Morgan fingerprint density at radius 2 is 1.83 bits per heavy atom. The van der Waals surface area contributed by atoms with Crippen molar-refractivity contribution in [3.8, 4) is 11.5 Å². The molecule has 3 rings (SSSR count). The third-order valence-corrected chi connectivity index (χ3v) is 5.16. The molecule has 1 aromatic rings. The molecular weight excluding hydrogens is 302 g/mol. The van der Waals surface area contributed by atoms with E-state index in [1.54, 1.807) is 0 Å². The van der Waals surface area contributed by atoms with Crippen LogP contribution in [0, 0.1) is 11.8 Å². The standard InChI is InChI=1S/C20H29NO3/c1-3-23-18-6-4-5-7-19(18)24-17-10-12-21(13-11-17)20(22)14-15(2)16-8-9-16/h4-7,15-17H,3,8-14H2,1-2H3. The van der Waals surface area contributed by atoms with Crippen molar-refractivity contribution in [2.24, 2.45) is 11.8 Å². The molecule has 1 aromatic carbocycles. The minimum atomic E-state index is 0.163. The van der Waals surface area contributed by atoms with Crippen molar-refractivity contribution >= 4 is 5.91 Å². The maximum absolute atomic E-state index is 12.4. The van der Waals surface area contributed by atoms with Crippen LogP contribution in [0.25, 0.3) is 0 Å². The third kappa shape index (κ3) is 4.43. The summed E-state index contributed by atoms with van der Waals surface area (Å²) in [5.74, 6) is 3.28. The van der Waals surface area contributed by atoms with Crippen molar-refractivity contribution in [1.29, 1.82) is 0 Å². The Balaban J connectivity index is 1.47. The van der Waals surface area contributed by atoms with Gasteiger partial charge in [-0.05, 0) is 43.7 Å². The molecule has 4 heteroatoms. The van der Waals surface area contributed by atoms with Crippen LogP contribution in [-0.2, 0) is 4.79 Å². The molecule has 1 aliphatic carbocycles. The molecule has 2 aliphatic rings. The fraction of sp³-hybridized carbons (Fsp3) is 0.650. The van der Waals surface area contributed by atoms with Gasteiger partial charge in [0.25, 0.3) is 0 Å². The maximum atomic E-state index is 12.4. The average molecular weight is 331 g/mol. The summed E-state index contributed by atoms with van der Waals surface area (Å²) in [6, 6.07) is 7.83. The molecule has 2 fully saturated rings. The molecule has 4 nitrogen and oxygen atoms in total. The number of hydrogen-bond donors (Lipinski definition) is 0. The summed E-state index contributed by atoms with van der Waals surface area (Å²) in [7, 11) is 0. The second kappa shape index (κ2) is 7.91. The number of benzene rings is 1. The highest BCUT2D eigenvalue weighted by Crippen LogP contribution is 2.38. The van der Waals surface area contributed by atoms with Gasteiger partial charge in [0.15, 0.2) is 11.5 Å². The van der Waals surface area contributed by atoms with Crippen LogP contribution < -0.4 is 9.47 Å². The van der Waals surface area contributed by atoms with E-state index < -0.39 is 0 Å². The largest absolute Gasteiger partial charge is 0.490 e. The summed E-state index contributed by atoms with van der Waals surface area (Å²) >= 11 is 0. The Morgan fingerprint density at radius 3 is 2.46 bits per heavy atom. The minimum absolute atomic E-state index is 0.163. The molecule has 24 heavy (non-hydrogen) atoms. The Morgan fingerprint density at radius 1 is 1.17 bits per heavy atom. The highest BCUT2D eigenvalue weighted by atomic mass is 16.5. The molecule has 0 radical (unpaired) electrons. The lowest BCUT2D eigenvalue weighted by molar-refractivity contribution is -0.134. The van der Waals surface area contributed by atoms with E-state index in [0.29, 0.717) is 24.9 Å². The van der Waals surface area contributed by atoms with Crippen LogP contribution in [-0.4, -0.2) is 36.6 Å². The lowest BCUT2D eigenvalue weighted by atomic mass is 10.00. The second-order valence-corrected chi connectivity index (χ2v) is 7.10. The van der Waals surface area contributed by atoms with Gasteiger partial charge in [0.05, 0.1) is 6.61 Å². The van der Waals surface area contributed by atoms with Crippen molar-refractivity contribution in [2.75, 3.05) is 19.7 Å². The molecule has 0 bridgehead atoms. The number of carbonyl (C=O) groups excluding carboxylic acids is 1. The summed E-state index contributed by atoms with van der Waals surface area (Å²) in [6.07, 6.45) is 5.28. The first-order valence-corrected chi connectivity index (χ1v) is 9.33. The van der Waals surface area contributed by atoms with Crippen LogP contribution in [0.5, 0.6) is 11.5 Å². The van der Waals surface area contributed by atoms with E-state index in [1.165, 1.54) is 12.8 Å². The predicted molar refractivity (Wildman–Crippen MR) is 94.3 cm³/mol. The first kappa shape index (κ1) is 17.1. The van der Waals surface area contributed by atoms with Crippen molar-refractivity contribution < 1.29 is 14.3 Å². The number of amides is 1. The number of nitrogens with zero attached hydrogens (tertiary/aromatic N) is 1. The molecule has 1 heterocycles. The van der Waals surface area contributed by atoms with Crippen LogP contribution in [0.2, 0.25) is 0 Å². The molecule has 1 unspecified atom stereocenters. The number of para-hydroxylation sites is 2. The van der Waals surface area contributed by atoms with Gasteiger partial charge in [0.1, 0.15) is 6.10 Å². The maximum Gasteiger partial charge on any atom is 0.222 e. The summed E-state index contributed by atoms with van der Waals surface area (Å²) in [5.41, 5.74) is 0. The Labute approximate surface area is 145 Å². The number of piperidine rings is 1. The van der Waals surface area contributed by atoms with Gasteiger partial charge in [0.2, 0.25) is 5.91 Å². The SMILES string of the molecule is CCOc1ccccc1OC1CCN(C(=O)CC(C)C2CC2)CC1. The molecule has 132 valence electrons. The topological polar surface area (TPSA) is 38.8 Å². The lowest BCUT2D eigenvalue weighted by Gasteiger charge is -2.33. The van der Waals surface area contributed by atoms with E-state index in [0.717, 1.165) is 43.3 Å². The van der Waals surface area contributed by atoms with Crippen LogP contribution in [0.1, 0.15) is 46.0 Å². The van der Waals surface area contributed by atoms with E-state index in [-0.39, 0.29) is 6.10 Å². The highest BCUT2D eigenvalue weighted by Gasteiger charge is 2.31. The molecule has 1 atom stereocenters. The van der Waals surface area contributed by atoms with Gasteiger partial charge in [0, 0.05) is 32.4 Å². The van der Waals surface area contributed by atoms with Gasteiger partial charge in [-0.2, -0.15) is 0 Å². The molecule has 1 saturated heterocycles. The fourth-order valence-electron chi connectivity index (χ4n) is 3.46. The van der Waals surface area contributed by atoms with Crippen LogP contribution >= 0.6 is 0 Å². The number of likely N-dealkylation sites (tertiary alicyclic amines) is 1. The van der Waals surface area contributed by atoms with E-state index in [2.05, 4.69) is 6.92 Å². The van der Waals surface area contributed by atoms with E-state index >= 15 is 0 Å². The molecule has 1 amide bonds. The number of rotatable bonds is 7. The van der Waals surface area contributed by atoms with Crippen LogP contribution in [0.4, 0.5) is 0 Å². The average Bonchev–Trinajstić information content (AvgIpc) is 3.42. The normalized spacial score (nSPS) is 19.8. The van der Waals surface area contributed by atoms with Crippen molar-refractivity contribution in [1.82, 2.24) is 4.90 Å². The molecule has 0 aromatic heterocycles. The minimum Gasteiger partial charge on any atom is -0.490 e. The highest BCUT2D eigenvalue weighted by molar-refractivity contribution is 5.76. The van der Waals surface area contributed by atoms with Gasteiger partial charge >= 0.3 is 0 Å². The lowest BCUT2D eigenvalue weighted by Crippen LogP contribution is -2.42. The first-order chi connectivity index (χ1) is 11.7. The second-order valence-electron chi connectivity index (χ2n) is 7.10. The van der Waals surface area contributed by atoms with Crippen molar-refractivity contribution in [3.63, 3.8) is 0 Å². The first-order valence-electron chi connectivity index (χ1n) is 9.33. The van der Waals surface area contributed by atoms with E-state index in [9.17, 15) is 4.79 Å². The predicted octanol–water partition coefficient (Wildman–Crippen LogP) is 3.89. The zero-order chi connectivity index (χ0) is 16.9. The van der Waals surface area contributed by atoms with Gasteiger partial charge in [-0.25, -0.2) is 0 Å². The zero-order valence-corrected chi connectivity index (χ0v) is 14.9. The van der Waals surface area contributed by atoms with Gasteiger partial charge in [-0.1, -0.05) is 19.1 Å². The van der Waals surface area contributed by atoms with E-state index in [4.69, 9.17) is 9.47 Å². The molecule has 1 aliphatic heterocycles. The molecule has 0 spiro atoms. The summed E-state index contributed by atoms with van der Waals surface area (Å²) in [5, 5.41) is 0. The van der Waals surface area contributed by atoms with Gasteiger partial charge in [-0.3, -0.25) is 4.79 Å². The Kier molecular flexibility index (Phi) is 5.64. The fourth-order valence-corrected chi connectivity index (χ4v) is 3.46. The van der Waals surface area contributed by atoms with Crippen LogP contribution in [0.15, 0.2) is 24.3 Å². The Hall–Kier alpha value is -1.71. The van der Waals surface area contributed by atoms with Gasteiger partial charge < -0.3 is 14.4 Å². The summed E-state index contributed by atoms with van der Waals surface area (Å²) < 4.78 is 11.8. The smallest absolute Gasteiger partial charge is 0.222 e. The van der Waals surface area contributed by atoms with Crippen molar-refractivity contribution in [2.45, 2.75) is 52.1 Å². The number of carbonyl (C=O) groups is 1. The monoisotopic (exact) mass is 331 g/mol. The summed E-state index contributed by atoms with van der Waals surface area (Å²) in [4.78, 5) is 14.4. The molecule has 1 saturated carbocycles. The number of ether oxygens (including phenoxy) is 2. The summed E-state index contributed by atoms with van der Waals surface area (Å²) in [6.45, 7) is 6.43. The Bertz CT molecular complexity index is 548. The van der Waals surface area contributed by atoms with Gasteiger partial charge in [-0.15, -0.1) is 0 Å². The van der Waals surface area contributed by atoms with E-state index in [1.807, 2.05) is 36.1 Å². The molecular formula is C20H29NO3. The molecule has 0 N–H and O–H groups in total. The van der Waals surface area contributed by atoms with Crippen LogP contribution in [0.3, 0.4) is 0 Å². The third-order valence-electron chi connectivity index (χ3n) is 5.16. The zero-order valence-electron chi connectivity index (χ0n) is 14.9. The quantitative estimate of drug-likeness (QED) is 0.761. The number of hydrogen-bond acceptors (Lipinski definition) is 3. The van der Waals surface area contributed by atoms with Crippen molar-refractivity contribution in [3.05, 3.63) is 24.3 Å².